The third-order valence-electron chi connectivity index (χ3n) is 3.33. The molecule has 0 radical (unpaired) electrons. The number of carbonyl (C=O) groups excluding carboxylic acids is 1. The van der Waals surface area contributed by atoms with Crippen molar-refractivity contribution in [3.63, 3.8) is 0 Å². The second-order valence-corrected chi connectivity index (χ2v) is 4.70. The molecule has 0 aliphatic rings. The first-order valence-electron chi connectivity index (χ1n) is 6.39. The number of benzene rings is 2. The lowest BCUT2D eigenvalue weighted by Crippen LogP contribution is -2.06. The first kappa shape index (κ1) is 12.4. The Morgan fingerprint density at radius 3 is 2.45 bits per heavy atom. The second kappa shape index (κ2) is 4.78. The van der Waals surface area contributed by atoms with Crippen LogP contribution in [0.2, 0.25) is 0 Å². The quantitative estimate of drug-likeness (QED) is 0.720. The number of nitrogens with one attached hydrogen (secondary N) is 1. The summed E-state index contributed by atoms with van der Waals surface area (Å²) >= 11 is 0. The summed E-state index contributed by atoms with van der Waals surface area (Å²) in [5.41, 5.74) is 2.70. The lowest BCUT2D eigenvalue weighted by Gasteiger charge is -2.07. The molecule has 0 aliphatic heterocycles. The van der Waals surface area contributed by atoms with Gasteiger partial charge in [-0.25, -0.2) is 0 Å². The summed E-state index contributed by atoms with van der Waals surface area (Å²) in [5, 5.41) is 0.539. The van der Waals surface area contributed by atoms with Crippen LogP contribution in [0.4, 0.5) is 0 Å². The molecule has 3 nitrogen and oxygen atoms in total. The molecule has 0 atom stereocenters. The summed E-state index contributed by atoms with van der Waals surface area (Å²) in [6.45, 7) is 1.50. The molecule has 1 heterocycles. The summed E-state index contributed by atoms with van der Waals surface area (Å²) in [7, 11) is 0. The van der Waals surface area contributed by atoms with Crippen LogP contribution in [0, 0.1) is 0 Å². The topological polar surface area (TPSA) is 49.9 Å². The van der Waals surface area contributed by atoms with E-state index in [1.165, 1.54) is 6.92 Å². The molecule has 0 aliphatic carbocycles. The molecule has 0 saturated heterocycles. The molecule has 20 heavy (non-hydrogen) atoms. The summed E-state index contributed by atoms with van der Waals surface area (Å²) in [5.74, 6) is -0.0588. The molecular formula is C17H13NO2. The van der Waals surface area contributed by atoms with Crippen LogP contribution in [0.25, 0.3) is 22.2 Å². The highest BCUT2D eigenvalue weighted by Gasteiger charge is 2.10. The van der Waals surface area contributed by atoms with Crippen LogP contribution in [-0.4, -0.2) is 10.8 Å². The minimum Gasteiger partial charge on any atom is -0.354 e. The summed E-state index contributed by atoms with van der Waals surface area (Å²) in [6, 6.07) is 16.4. The number of hydrogen-bond donors (Lipinski definition) is 1. The van der Waals surface area contributed by atoms with Crippen LogP contribution in [0.15, 0.2) is 59.4 Å². The van der Waals surface area contributed by atoms with Gasteiger partial charge in [-0.15, -0.1) is 0 Å². The number of aromatic nitrogens is 1. The van der Waals surface area contributed by atoms with Gasteiger partial charge in [-0.1, -0.05) is 36.4 Å². The zero-order chi connectivity index (χ0) is 14.1. The van der Waals surface area contributed by atoms with E-state index in [0.717, 1.165) is 11.3 Å². The van der Waals surface area contributed by atoms with E-state index in [9.17, 15) is 9.59 Å². The van der Waals surface area contributed by atoms with Gasteiger partial charge in [0.2, 0.25) is 0 Å². The number of fused-ring (bicyclic) bond motifs is 1. The molecule has 98 valence electrons. The normalized spacial score (nSPS) is 10.7. The van der Waals surface area contributed by atoms with Crippen LogP contribution in [0.3, 0.4) is 0 Å². The number of para-hydroxylation sites is 1. The maximum Gasteiger partial charge on any atom is 0.190 e. The molecule has 3 aromatic rings. The zero-order valence-corrected chi connectivity index (χ0v) is 11.0. The third kappa shape index (κ3) is 2.03. The lowest BCUT2D eigenvalue weighted by atomic mass is 10.0. The van der Waals surface area contributed by atoms with Gasteiger partial charge < -0.3 is 4.98 Å². The molecule has 0 saturated carbocycles. The molecule has 0 amide bonds. The average molecular weight is 263 g/mol. The highest BCUT2D eigenvalue weighted by molar-refractivity contribution is 6.05. The Kier molecular flexibility index (Phi) is 2.95. The van der Waals surface area contributed by atoms with Crippen LogP contribution >= 0.6 is 0 Å². The number of hydrogen-bond acceptors (Lipinski definition) is 2. The number of rotatable bonds is 2. The van der Waals surface area contributed by atoms with E-state index >= 15 is 0 Å². The van der Waals surface area contributed by atoms with E-state index in [1.54, 1.807) is 24.3 Å². The molecule has 0 unspecified atom stereocenters. The number of ketones is 1. The molecule has 2 aromatic carbocycles. The Balaban J connectivity index is 2.36. The van der Waals surface area contributed by atoms with Crippen molar-refractivity contribution >= 4 is 16.7 Å². The van der Waals surface area contributed by atoms with Crippen LogP contribution in [0.5, 0.6) is 0 Å². The van der Waals surface area contributed by atoms with E-state index in [1.807, 2.05) is 30.3 Å². The monoisotopic (exact) mass is 263 g/mol. The molecular weight excluding hydrogens is 250 g/mol. The van der Waals surface area contributed by atoms with Crippen molar-refractivity contribution in [1.29, 1.82) is 0 Å². The fraction of sp³-hybridized carbons (Fsp3) is 0.0588. The van der Waals surface area contributed by atoms with E-state index in [0.29, 0.717) is 16.5 Å². The fourth-order valence-electron chi connectivity index (χ4n) is 2.34. The summed E-state index contributed by atoms with van der Waals surface area (Å²) in [4.78, 5) is 27.1. The molecule has 0 bridgehead atoms. The Bertz CT molecular complexity index is 848. The number of Topliss-reactive ketones (excluding diaryl/α,β-unsaturated/α-hetero) is 1. The Labute approximate surface area is 115 Å². The van der Waals surface area contributed by atoms with Gasteiger partial charge in [-0.3, -0.25) is 9.59 Å². The smallest absolute Gasteiger partial charge is 0.190 e. The van der Waals surface area contributed by atoms with Crippen LogP contribution < -0.4 is 5.43 Å². The van der Waals surface area contributed by atoms with Gasteiger partial charge in [-0.2, -0.15) is 0 Å². The maximum atomic E-state index is 12.2. The second-order valence-electron chi connectivity index (χ2n) is 4.70. The highest BCUT2D eigenvalue weighted by atomic mass is 16.1. The van der Waals surface area contributed by atoms with E-state index in [4.69, 9.17) is 0 Å². The Morgan fingerprint density at radius 2 is 1.75 bits per heavy atom. The molecule has 0 spiro atoms. The van der Waals surface area contributed by atoms with Crippen molar-refractivity contribution in [3.05, 3.63) is 70.4 Å². The predicted octanol–water partition coefficient (Wildman–Crippen LogP) is 3.40. The van der Waals surface area contributed by atoms with Crippen LogP contribution in [0.1, 0.15) is 17.3 Å². The molecule has 3 heteroatoms. The number of aromatic amines is 1. The van der Waals surface area contributed by atoms with Crippen molar-refractivity contribution in [2.75, 3.05) is 0 Å². The van der Waals surface area contributed by atoms with Crippen molar-refractivity contribution in [2.24, 2.45) is 0 Å². The number of H-pyrrole nitrogens is 1. The summed E-state index contributed by atoms with van der Waals surface area (Å²) in [6.07, 6.45) is 0. The standard InChI is InChI=1S/C17H13NO2/c1-11(19)13-8-5-9-14-16(20)10-15(18-17(13)14)12-6-3-2-4-7-12/h2-10H,1H3,(H,18,20). The summed E-state index contributed by atoms with van der Waals surface area (Å²) < 4.78 is 0. The first-order valence-corrected chi connectivity index (χ1v) is 6.39. The number of carbonyl (C=O) groups is 1. The van der Waals surface area contributed by atoms with E-state index < -0.39 is 0 Å². The Morgan fingerprint density at radius 1 is 1.00 bits per heavy atom. The van der Waals surface area contributed by atoms with Crippen molar-refractivity contribution in [3.8, 4) is 11.3 Å². The minimum atomic E-state index is -0.0827. The van der Waals surface area contributed by atoms with E-state index in [-0.39, 0.29) is 11.2 Å². The average Bonchev–Trinajstić information content (AvgIpc) is 2.47. The van der Waals surface area contributed by atoms with Gasteiger partial charge in [-0.05, 0) is 24.6 Å². The van der Waals surface area contributed by atoms with Crippen molar-refractivity contribution in [2.45, 2.75) is 6.92 Å². The predicted molar refractivity (Wildman–Crippen MR) is 80.0 cm³/mol. The van der Waals surface area contributed by atoms with Gasteiger partial charge in [0, 0.05) is 22.7 Å². The van der Waals surface area contributed by atoms with E-state index in [2.05, 4.69) is 4.98 Å². The van der Waals surface area contributed by atoms with Crippen molar-refractivity contribution < 1.29 is 4.79 Å². The van der Waals surface area contributed by atoms with Gasteiger partial charge >= 0.3 is 0 Å². The molecule has 3 rings (SSSR count). The van der Waals surface area contributed by atoms with Gasteiger partial charge in [0.15, 0.2) is 11.2 Å². The highest BCUT2D eigenvalue weighted by Crippen LogP contribution is 2.20. The zero-order valence-electron chi connectivity index (χ0n) is 11.0. The van der Waals surface area contributed by atoms with Crippen LogP contribution in [-0.2, 0) is 0 Å². The third-order valence-corrected chi connectivity index (χ3v) is 3.33. The number of pyridine rings is 1. The molecule has 0 fully saturated rings. The van der Waals surface area contributed by atoms with Gasteiger partial charge in [0.25, 0.3) is 0 Å². The first-order chi connectivity index (χ1) is 9.66. The maximum absolute atomic E-state index is 12.2. The fourth-order valence-corrected chi connectivity index (χ4v) is 2.34. The van der Waals surface area contributed by atoms with Gasteiger partial charge in [0.05, 0.1) is 5.52 Å². The molecule has 1 aromatic heterocycles. The Hall–Kier alpha value is -2.68. The largest absolute Gasteiger partial charge is 0.354 e. The lowest BCUT2D eigenvalue weighted by molar-refractivity contribution is 0.101. The van der Waals surface area contributed by atoms with Gasteiger partial charge in [0.1, 0.15) is 0 Å². The van der Waals surface area contributed by atoms with Crippen molar-refractivity contribution in [1.82, 2.24) is 4.98 Å². The SMILES string of the molecule is CC(=O)c1cccc2c(=O)cc(-c3ccccc3)[nH]c12. The molecule has 1 N–H and O–H groups in total. The minimum absolute atomic E-state index is 0.0588.